The van der Waals surface area contributed by atoms with Crippen LogP contribution in [-0.2, 0) is 0 Å². The van der Waals surface area contributed by atoms with Crippen molar-refractivity contribution in [1.29, 1.82) is 0 Å². The molecule has 4 aromatic carbocycles. The first kappa shape index (κ1) is 23.8. The molecule has 5 aromatic rings. The third kappa shape index (κ3) is 3.40. The Morgan fingerprint density at radius 1 is 0.543 bits per heavy atom. The van der Waals surface area contributed by atoms with E-state index in [1.165, 1.54) is 43.9 Å². The Kier molecular flexibility index (Phi) is 5.89. The van der Waals surface area contributed by atoms with Gasteiger partial charge >= 0.3 is 7.12 Å². The van der Waals surface area contributed by atoms with Crippen LogP contribution in [0.2, 0.25) is 0 Å². The maximum atomic E-state index is 10.3. The minimum Gasteiger partial charge on any atom is -0.423 e. The number of rotatable bonds is 3. The van der Waals surface area contributed by atoms with Crippen molar-refractivity contribution in [3.05, 3.63) is 54.6 Å². The van der Waals surface area contributed by atoms with Gasteiger partial charge in [0.15, 0.2) is 0 Å². The zero-order valence-corrected chi connectivity index (χ0v) is 21.6. The second kappa shape index (κ2) is 8.65. The topological polar surface area (TPSA) is 45.4 Å². The summed E-state index contributed by atoms with van der Waals surface area (Å²) in [5.74, 6) is 0. The molecule has 0 unspecified atom stereocenters. The molecule has 0 aliphatic rings. The number of para-hydroxylation sites is 1. The summed E-state index contributed by atoms with van der Waals surface area (Å²) in [6.07, 6.45) is 0. The molecular formula is C24H25B8NO2. The van der Waals surface area contributed by atoms with Gasteiger partial charge in [0.25, 0.3) is 0 Å². The molecule has 0 aliphatic carbocycles. The standard InChI is InChI=1S/C24H25B8NO2/c25-15-13-14-16(26)22(32(34)35)19(29)21(31)24(14)33(23(13)20(30)18(28)17(15)27)12-9-5-4-8-11(12)10-6-2-1-3-7-10/h1-9,34-35H,25-31H2. The van der Waals surface area contributed by atoms with Crippen molar-refractivity contribution >= 4 is 128 Å². The summed E-state index contributed by atoms with van der Waals surface area (Å²) in [4.78, 5) is 0. The van der Waals surface area contributed by atoms with Gasteiger partial charge in [0, 0.05) is 16.6 Å². The summed E-state index contributed by atoms with van der Waals surface area (Å²) in [6, 6.07) is 19.1. The summed E-state index contributed by atoms with van der Waals surface area (Å²) >= 11 is 0. The van der Waals surface area contributed by atoms with Crippen LogP contribution in [0.3, 0.4) is 0 Å². The zero-order chi connectivity index (χ0) is 25.2. The molecule has 0 radical (unpaired) electrons. The lowest BCUT2D eigenvalue weighted by atomic mass is 9.59. The van der Waals surface area contributed by atoms with Gasteiger partial charge in [-0.25, -0.2) is 0 Å². The van der Waals surface area contributed by atoms with Crippen LogP contribution in [0.4, 0.5) is 0 Å². The zero-order valence-electron chi connectivity index (χ0n) is 21.6. The lowest BCUT2D eigenvalue weighted by Crippen LogP contribution is -2.56. The predicted octanol–water partition coefficient (Wildman–Crippen LogP) is -8.06. The smallest absolute Gasteiger partial charge is 0.423 e. The molecule has 11 heteroatoms. The first-order valence-electron chi connectivity index (χ1n) is 12.2. The van der Waals surface area contributed by atoms with E-state index in [1.807, 2.05) is 21.8 Å². The van der Waals surface area contributed by atoms with Gasteiger partial charge in [-0.1, -0.05) is 81.3 Å². The number of aromatic nitrogens is 1. The summed E-state index contributed by atoms with van der Waals surface area (Å²) in [5.41, 5.74) is 14.4. The highest BCUT2D eigenvalue weighted by Crippen LogP contribution is 2.32. The van der Waals surface area contributed by atoms with Gasteiger partial charge in [0.1, 0.15) is 54.9 Å². The molecule has 0 atom stereocenters. The average Bonchev–Trinajstić information content (AvgIpc) is 3.22. The van der Waals surface area contributed by atoms with Gasteiger partial charge in [-0.3, -0.25) is 0 Å². The van der Waals surface area contributed by atoms with Crippen LogP contribution in [0, 0.1) is 0 Å². The third-order valence-corrected chi connectivity index (χ3v) is 8.18. The highest BCUT2D eigenvalue weighted by Gasteiger charge is 2.27. The summed E-state index contributed by atoms with van der Waals surface area (Å²) in [7, 11) is 13.4. The Balaban J connectivity index is 2.11. The second-order valence-electron chi connectivity index (χ2n) is 9.83. The molecule has 1 heterocycles. The number of hydrogen-bond donors (Lipinski definition) is 2. The number of fused-ring (bicyclic) bond motifs is 3. The Morgan fingerprint density at radius 3 is 1.69 bits per heavy atom. The first-order chi connectivity index (χ1) is 16.7. The van der Waals surface area contributed by atoms with E-state index in [0.717, 1.165) is 33.0 Å². The predicted molar refractivity (Wildman–Crippen MR) is 173 cm³/mol. The Morgan fingerprint density at radius 2 is 1.06 bits per heavy atom. The molecule has 162 valence electrons. The van der Waals surface area contributed by atoms with E-state index in [9.17, 15) is 10.0 Å². The third-order valence-electron chi connectivity index (χ3n) is 8.18. The molecule has 0 bridgehead atoms. The maximum Gasteiger partial charge on any atom is 0.487 e. The first-order valence-corrected chi connectivity index (χ1v) is 12.2. The molecular weight excluding hydrogens is 421 g/mol. The number of hydrogen-bond acceptors (Lipinski definition) is 2. The van der Waals surface area contributed by atoms with E-state index in [2.05, 4.69) is 92.3 Å². The monoisotopic (exact) mass is 447 g/mol. The molecule has 0 spiro atoms. The fraction of sp³-hybridized carbons (Fsp3) is 0. The molecule has 2 N–H and O–H groups in total. The van der Waals surface area contributed by atoms with Crippen LogP contribution in [0.5, 0.6) is 0 Å². The molecule has 0 saturated heterocycles. The molecule has 0 aliphatic heterocycles. The highest BCUT2D eigenvalue weighted by atomic mass is 16.4. The molecule has 0 saturated carbocycles. The minimum atomic E-state index is -1.51. The fourth-order valence-electron chi connectivity index (χ4n) is 5.89. The van der Waals surface area contributed by atoms with Crippen molar-refractivity contribution in [1.82, 2.24) is 4.57 Å². The van der Waals surface area contributed by atoms with Crippen LogP contribution >= 0.6 is 0 Å². The van der Waals surface area contributed by atoms with Crippen molar-refractivity contribution < 1.29 is 10.0 Å². The van der Waals surface area contributed by atoms with Crippen LogP contribution in [0.25, 0.3) is 38.6 Å². The van der Waals surface area contributed by atoms with E-state index in [4.69, 9.17) is 0 Å². The van der Waals surface area contributed by atoms with Crippen molar-refractivity contribution in [2.45, 2.75) is 0 Å². The Bertz CT molecular complexity index is 1650. The van der Waals surface area contributed by atoms with Gasteiger partial charge < -0.3 is 14.6 Å². The van der Waals surface area contributed by atoms with Crippen molar-refractivity contribution in [2.75, 3.05) is 0 Å². The summed E-state index contributed by atoms with van der Waals surface area (Å²) in [6.45, 7) is 0. The lowest BCUT2D eigenvalue weighted by Gasteiger charge is -2.20. The van der Waals surface area contributed by atoms with E-state index in [1.54, 1.807) is 0 Å². The lowest BCUT2D eigenvalue weighted by molar-refractivity contribution is 0.426. The average molecular weight is 446 g/mol. The highest BCUT2D eigenvalue weighted by molar-refractivity contribution is 6.76. The van der Waals surface area contributed by atoms with E-state index in [0.29, 0.717) is 5.46 Å². The van der Waals surface area contributed by atoms with Crippen molar-refractivity contribution in [2.24, 2.45) is 0 Å². The Labute approximate surface area is 213 Å². The van der Waals surface area contributed by atoms with Crippen LogP contribution < -0.4 is 43.7 Å². The quantitative estimate of drug-likeness (QED) is 0.271. The van der Waals surface area contributed by atoms with Gasteiger partial charge in [-0.2, -0.15) is 0 Å². The minimum absolute atomic E-state index is 0.612. The van der Waals surface area contributed by atoms with Crippen molar-refractivity contribution in [3.63, 3.8) is 0 Å². The molecule has 1 aromatic heterocycles. The summed E-state index contributed by atoms with van der Waals surface area (Å²) < 4.78 is 2.42. The largest absolute Gasteiger partial charge is 0.487 e. The molecule has 0 fully saturated rings. The second-order valence-corrected chi connectivity index (χ2v) is 9.83. The maximum absolute atomic E-state index is 10.3. The van der Waals surface area contributed by atoms with Gasteiger partial charge in [0.05, 0.1) is 5.69 Å². The summed E-state index contributed by atoms with van der Waals surface area (Å²) in [5, 5.41) is 23.0. The van der Waals surface area contributed by atoms with Crippen LogP contribution in [0.15, 0.2) is 54.6 Å². The molecule has 35 heavy (non-hydrogen) atoms. The number of nitrogens with zero attached hydrogens (tertiary/aromatic N) is 1. The normalized spacial score (nSPS) is 11.4. The van der Waals surface area contributed by atoms with E-state index in [-0.39, 0.29) is 0 Å². The number of benzene rings is 4. The van der Waals surface area contributed by atoms with Gasteiger partial charge in [-0.15, -0.1) is 5.46 Å². The van der Waals surface area contributed by atoms with E-state index >= 15 is 0 Å². The SMILES string of the molecule is Bc1c(B)c(B)c2c(c1B)c1c(B)c(B(O)O)c(B)c(B)c1n2-c1ccccc1-c1ccccc1. The van der Waals surface area contributed by atoms with Crippen molar-refractivity contribution in [3.8, 4) is 16.8 Å². The molecule has 5 rings (SSSR count). The van der Waals surface area contributed by atoms with Gasteiger partial charge in [-0.05, 0) is 27.9 Å². The molecule has 0 amide bonds. The Hall–Kier alpha value is -2.88. The van der Waals surface area contributed by atoms with Crippen LogP contribution in [-0.4, -0.2) is 76.7 Å². The molecule has 3 nitrogen and oxygen atoms in total. The van der Waals surface area contributed by atoms with E-state index < -0.39 is 7.12 Å². The van der Waals surface area contributed by atoms with Gasteiger partial charge in [0.2, 0.25) is 0 Å². The van der Waals surface area contributed by atoms with Crippen LogP contribution in [0.1, 0.15) is 0 Å². The fourth-order valence-corrected chi connectivity index (χ4v) is 5.89.